The summed E-state index contributed by atoms with van der Waals surface area (Å²) in [5.41, 5.74) is 2.14. The van der Waals surface area contributed by atoms with Crippen LogP contribution in [0.15, 0.2) is 70.3 Å². The van der Waals surface area contributed by atoms with E-state index in [1.165, 1.54) is 16.2 Å². The Balaban J connectivity index is 1.67. The van der Waals surface area contributed by atoms with Crippen LogP contribution in [0.1, 0.15) is 10.4 Å². The zero-order valence-corrected chi connectivity index (χ0v) is 14.3. The van der Waals surface area contributed by atoms with E-state index < -0.39 is 0 Å². The summed E-state index contributed by atoms with van der Waals surface area (Å²) in [4.78, 5) is 12.3. The summed E-state index contributed by atoms with van der Waals surface area (Å²) in [5, 5.41) is 5.46. The molecule has 3 rings (SSSR count). The number of hydrogen-bond donors (Lipinski definition) is 2. The Labute approximate surface area is 147 Å². The maximum Gasteiger partial charge on any atom is 0.255 e. The average Bonchev–Trinajstić information content (AvgIpc) is 3.07. The molecule has 0 saturated heterocycles. The molecule has 2 aromatic carbocycles. The summed E-state index contributed by atoms with van der Waals surface area (Å²) in [7, 11) is 0. The summed E-state index contributed by atoms with van der Waals surface area (Å²) >= 11 is 9.12. The lowest BCUT2D eigenvalue weighted by Crippen LogP contribution is -2.11. The number of rotatable bonds is 5. The number of thiophene rings is 1. The van der Waals surface area contributed by atoms with E-state index in [0.717, 1.165) is 5.69 Å². The molecule has 0 saturated carbocycles. The summed E-state index contributed by atoms with van der Waals surface area (Å²) in [6.07, 6.45) is 0. The van der Waals surface area contributed by atoms with Gasteiger partial charge in [0.05, 0.1) is 4.21 Å². The van der Waals surface area contributed by atoms with Gasteiger partial charge in [-0.15, -0.1) is 11.3 Å². The number of carbonyl (C=O) groups is 1. The van der Waals surface area contributed by atoms with Gasteiger partial charge in [0, 0.05) is 22.0 Å². The predicted octanol–water partition coefficient (Wildman–Crippen LogP) is 5.77. The third-order valence-electron chi connectivity index (χ3n) is 2.97. The molecule has 116 valence electrons. The molecular weight excluding hydrogens is 348 g/mol. The smallest absolute Gasteiger partial charge is 0.255 e. The molecule has 0 aliphatic heterocycles. The molecule has 0 bridgehead atoms. The van der Waals surface area contributed by atoms with E-state index in [9.17, 15) is 4.79 Å². The highest BCUT2D eigenvalue weighted by Crippen LogP contribution is 2.25. The molecule has 0 aliphatic carbocycles. The van der Waals surface area contributed by atoms with Crippen molar-refractivity contribution in [2.45, 2.75) is 4.21 Å². The van der Waals surface area contributed by atoms with Crippen LogP contribution in [0, 0.1) is 0 Å². The quantitative estimate of drug-likeness (QED) is 0.567. The zero-order chi connectivity index (χ0) is 16.1. The number of nitrogens with one attached hydrogen (secondary N) is 2. The summed E-state index contributed by atoms with van der Waals surface area (Å²) in [5.74, 6) is -0.169. The molecule has 0 aliphatic rings. The molecule has 1 amide bonds. The number of carbonyl (C=O) groups excluding carboxylic acids is 1. The van der Waals surface area contributed by atoms with E-state index >= 15 is 0 Å². The van der Waals surface area contributed by atoms with E-state index in [2.05, 4.69) is 10.0 Å². The lowest BCUT2D eigenvalue weighted by atomic mass is 10.2. The monoisotopic (exact) mass is 360 g/mol. The normalized spacial score (nSPS) is 10.3. The van der Waals surface area contributed by atoms with Gasteiger partial charge in [-0.2, -0.15) is 0 Å². The number of amides is 1. The van der Waals surface area contributed by atoms with Crippen LogP contribution in [0.3, 0.4) is 0 Å². The van der Waals surface area contributed by atoms with Crippen molar-refractivity contribution in [1.29, 1.82) is 0 Å². The molecular formula is C17H13ClN2OS2. The molecule has 0 atom stereocenters. The third-order valence-corrected chi connectivity index (χ3v) is 5.08. The van der Waals surface area contributed by atoms with Crippen LogP contribution in [0.4, 0.5) is 11.4 Å². The van der Waals surface area contributed by atoms with Gasteiger partial charge in [-0.1, -0.05) is 29.8 Å². The van der Waals surface area contributed by atoms with Crippen molar-refractivity contribution < 1.29 is 4.79 Å². The first-order chi connectivity index (χ1) is 11.2. The third kappa shape index (κ3) is 4.51. The van der Waals surface area contributed by atoms with Crippen LogP contribution < -0.4 is 10.0 Å². The molecule has 23 heavy (non-hydrogen) atoms. The fourth-order valence-corrected chi connectivity index (χ4v) is 3.54. The largest absolute Gasteiger partial charge is 0.325 e. The molecule has 0 radical (unpaired) electrons. The van der Waals surface area contributed by atoms with Gasteiger partial charge >= 0.3 is 0 Å². The molecule has 0 spiro atoms. The first kappa shape index (κ1) is 15.9. The maximum absolute atomic E-state index is 12.3. The highest BCUT2D eigenvalue weighted by molar-refractivity contribution is 8.02. The Morgan fingerprint density at radius 2 is 1.83 bits per heavy atom. The number of anilines is 2. The van der Waals surface area contributed by atoms with Crippen LogP contribution in [-0.2, 0) is 0 Å². The molecule has 1 heterocycles. The molecule has 6 heteroatoms. The number of halogens is 1. The minimum Gasteiger partial charge on any atom is -0.325 e. The van der Waals surface area contributed by atoms with Crippen LogP contribution in [-0.4, -0.2) is 5.91 Å². The zero-order valence-electron chi connectivity index (χ0n) is 12.0. The van der Waals surface area contributed by atoms with Gasteiger partial charge in [-0.25, -0.2) is 0 Å². The van der Waals surface area contributed by atoms with E-state index in [-0.39, 0.29) is 5.91 Å². The minimum atomic E-state index is -0.169. The first-order valence-corrected chi connectivity index (χ1v) is 8.91. The molecule has 2 N–H and O–H groups in total. The van der Waals surface area contributed by atoms with Crippen molar-refractivity contribution in [3.63, 3.8) is 0 Å². The highest BCUT2D eigenvalue weighted by Gasteiger charge is 2.07. The highest BCUT2D eigenvalue weighted by atomic mass is 35.5. The van der Waals surface area contributed by atoms with Gasteiger partial charge in [-0.05, 0) is 59.8 Å². The van der Waals surface area contributed by atoms with Crippen molar-refractivity contribution in [1.82, 2.24) is 0 Å². The van der Waals surface area contributed by atoms with E-state index in [1.807, 2.05) is 35.7 Å². The Morgan fingerprint density at radius 1 is 1.00 bits per heavy atom. The van der Waals surface area contributed by atoms with Crippen LogP contribution in [0.25, 0.3) is 0 Å². The van der Waals surface area contributed by atoms with Gasteiger partial charge in [0.25, 0.3) is 5.91 Å². The molecule has 3 nitrogen and oxygen atoms in total. The first-order valence-electron chi connectivity index (χ1n) is 6.84. The maximum atomic E-state index is 12.3. The molecule has 3 aromatic rings. The SMILES string of the molecule is O=C(Nc1cccc(Cl)c1)c1cccc(NSc2cccs2)c1. The lowest BCUT2D eigenvalue weighted by Gasteiger charge is -2.08. The molecule has 0 unspecified atom stereocenters. The minimum absolute atomic E-state index is 0.169. The van der Waals surface area contributed by atoms with Crippen molar-refractivity contribution >= 4 is 52.2 Å². The van der Waals surface area contributed by atoms with E-state index in [0.29, 0.717) is 16.3 Å². The Bertz CT molecular complexity index is 806. The van der Waals surface area contributed by atoms with E-state index in [4.69, 9.17) is 11.6 Å². The molecule has 0 fully saturated rings. The summed E-state index contributed by atoms with van der Waals surface area (Å²) in [6.45, 7) is 0. The second-order valence-corrected chi connectivity index (χ2v) is 7.17. The van der Waals surface area contributed by atoms with Crippen molar-refractivity contribution in [2.24, 2.45) is 0 Å². The summed E-state index contributed by atoms with van der Waals surface area (Å²) < 4.78 is 4.41. The van der Waals surface area contributed by atoms with Gasteiger partial charge in [0.1, 0.15) is 0 Å². The summed E-state index contributed by atoms with van der Waals surface area (Å²) in [6, 6.07) is 18.5. The Hall–Kier alpha value is -1.95. The van der Waals surface area contributed by atoms with Crippen molar-refractivity contribution in [3.05, 3.63) is 76.6 Å². The van der Waals surface area contributed by atoms with Crippen LogP contribution >= 0.6 is 34.9 Å². The van der Waals surface area contributed by atoms with Crippen molar-refractivity contribution in [3.8, 4) is 0 Å². The van der Waals surface area contributed by atoms with Gasteiger partial charge < -0.3 is 10.0 Å². The van der Waals surface area contributed by atoms with Crippen LogP contribution in [0.2, 0.25) is 5.02 Å². The standard InChI is InChI=1S/C17H13ClN2OS2/c18-13-5-2-6-14(11-13)19-17(21)12-4-1-7-15(10-12)20-23-16-8-3-9-22-16/h1-11,20H,(H,19,21). The van der Waals surface area contributed by atoms with Crippen molar-refractivity contribution in [2.75, 3.05) is 10.0 Å². The van der Waals surface area contributed by atoms with Gasteiger partial charge in [0.2, 0.25) is 0 Å². The van der Waals surface area contributed by atoms with E-state index in [1.54, 1.807) is 41.7 Å². The number of benzene rings is 2. The molecule has 1 aromatic heterocycles. The Kier molecular flexibility index (Phi) is 5.23. The lowest BCUT2D eigenvalue weighted by molar-refractivity contribution is 0.102. The van der Waals surface area contributed by atoms with Crippen LogP contribution in [0.5, 0.6) is 0 Å². The predicted molar refractivity (Wildman–Crippen MR) is 99.6 cm³/mol. The Morgan fingerprint density at radius 3 is 2.61 bits per heavy atom. The second kappa shape index (κ2) is 7.55. The second-order valence-electron chi connectivity index (χ2n) is 4.68. The van der Waals surface area contributed by atoms with Gasteiger partial charge in [-0.3, -0.25) is 4.79 Å². The fraction of sp³-hybridized carbons (Fsp3) is 0. The average molecular weight is 361 g/mol. The topological polar surface area (TPSA) is 41.1 Å². The number of hydrogen-bond acceptors (Lipinski definition) is 4. The fourth-order valence-electron chi connectivity index (χ4n) is 1.92. The van der Waals surface area contributed by atoms with Gasteiger partial charge in [0.15, 0.2) is 0 Å².